The third kappa shape index (κ3) is 5.23. The quantitative estimate of drug-likeness (QED) is 0.510. The van der Waals surface area contributed by atoms with Crippen molar-refractivity contribution in [1.82, 2.24) is 15.1 Å². The molecule has 8 nitrogen and oxygen atoms in total. The predicted octanol–water partition coefficient (Wildman–Crippen LogP) is 3.59. The van der Waals surface area contributed by atoms with Crippen LogP contribution < -0.4 is 25.1 Å². The highest BCUT2D eigenvalue weighted by Crippen LogP contribution is 2.35. The first-order valence-electron chi connectivity index (χ1n) is 10.6. The van der Waals surface area contributed by atoms with E-state index in [1.807, 2.05) is 0 Å². The average molecular weight is 489 g/mol. The zero-order chi connectivity index (χ0) is 25.2. The molecule has 0 saturated heterocycles. The van der Waals surface area contributed by atoms with Crippen molar-refractivity contribution >= 4 is 5.91 Å². The molecule has 0 bridgehead atoms. The summed E-state index contributed by atoms with van der Waals surface area (Å²) < 4.78 is 55.6. The van der Waals surface area contributed by atoms with Gasteiger partial charge in [0, 0.05) is 11.6 Å². The van der Waals surface area contributed by atoms with Gasteiger partial charge in [0.2, 0.25) is 12.7 Å². The van der Waals surface area contributed by atoms with E-state index in [1.165, 1.54) is 32.0 Å². The molecule has 1 aromatic heterocycles. The Hall–Kier alpha value is -4.02. The number of aromatic nitrogens is 2. The van der Waals surface area contributed by atoms with E-state index in [-0.39, 0.29) is 25.7 Å². The second-order valence-electron chi connectivity index (χ2n) is 8.23. The number of halogens is 3. The summed E-state index contributed by atoms with van der Waals surface area (Å²) in [7, 11) is 0. The number of amides is 1. The molecule has 4 rings (SSSR count). The molecular formula is C24H22F3N3O5. The molecule has 2 heterocycles. The van der Waals surface area contributed by atoms with Gasteiger partial charge in [-0.3, -0.25) is 9.59 Å². The lowest BCUT2D eigenvalue weighted by Gasteiger charge is -2.25. The van der Waals surface area contributed by atoms with Gasteiger partial charge in [0.05, 0.1) is 17.8 Å². The highest BCUT2D eigenvalue weighted by molar-refractivity contribution is 5.83. The Kier molecular flexibility index (Phi) is 6.42. The number of hydrogen-bond acceptors (Lipinski definition) is 6. The minimum atomic E-state index is -4.48. The van der Waals surface area contributed by atoms with Gasteiger partial charge >= 0.3 is 6.18 Å². The minimum absolute atomic E-state index is 0.00904. The molecule has 0 unspecified atom stereocenters. The van der Waals surface area contributed by atoms with E-state index < -0.39 is 28.7 Å². The fourth-order valence-electron chi connectivity index (χ4n) is 3.43. The maximum atomic E-state index is 12.9. The van der Waals surface area contributed by atoms with Gasteiger partial charge in [-0.25, -0.2) is 4.68 Å². The Bertz CT molecular complexity index is 1300. The number of nitrogens with one attached hydrogen (secondary N) is 1. The molecule has 0 fully saturated rings. The van der Waals surface area contributed by atoms with Crippen LogP contribution in [0.4, 0.5) is 13.2 Å². The van der Waals surface area contributed by atoms with Crippen molar-refractivity contribution < 1.29 is 32.2 Å². The summed E-state index contributed by atoms with van der Waals surface area (Å²) in [6.45, 7) is 3.13. The summed E-state index contributed by atoms with van der Waals surface area (Å²) in [6.07, 6.45) is -4.48. The molecule has 0 spiro atoms. The number of rotatable bonds is 7. The van der Waals surface area contributed by atoms with Gasteiger partial charge in [-0.15, -0.1) is 0 Å². The molecule has 1 amide bonds. The Balaban J connectivity index is 1.42. The van der Waals surface area contributed by atoms with E-state index in [0.717, 1.165) is 16.8 Å². The third-order valence-electron chi connectivity index (χ3n) is 5.37. The lowest BCUT2D eigenvalue weighted by Crippen LogP contribution is -2.50. The first-order chi connectivity index (χ1) is 16.6. The summed E-state index contributed by atoms with van der Waals surface area (Å²) in [5.74, 6) is 0.680. The maximum Gasteiger partial charge on any atom is 0.416 e. The van der Waals surface area contributed by atoms with Crippen LogP contribution in [-0.4, -0.2) is 35.6 Å². The van der Waals surface area contributed by atoms with Crippen LogP contribution in [0.25, 0.3) is 11.3 Å². The van der Waals surface area contributed by atoms with Gasteiger partial charge in [0.15, 0.2) is 11.5 Å². The van der Waals surface area contributed by atoms with Gasteiger partial charge in [-0.2, -0.15) is 18.3 Å². The van der Waals surface area contributed by atoms with E-state index in [9.17, 15) is 22.8 Å². The summed E-state index contributed by atoms with van der Waals surface area (Å²) in [5.41, 5.74) is -1.53. The molecule has 0 radical (unpaired) electrons. The van der Waals surface area contributed by atoms with E-state index in [2.05, 4.69) is 10.4 Å². The van der Waals surface area contributed by atoms with Gasteiger partial charge in [0.1, 0.15) is 17.9 Å². The maximum absolute atomic E-state index is 12.9. The van der Waals surface area contributed by atoms with Gasteiger partial charge in [0.25, 0.3) is 5.56 Å². The molecule has 2 aromatic carbocycles. The van der Waals surface area contributed by atoms with Crippen LogP contribution in [0.2, 0.25) is 0 Å². The normalized spacial score (nSPS) is 12.9. The van der Waals surface area contributed by atoms with Gasteiger partial charge < -0.3 is 19.5 Å². The minimum Gasteiger partial charge on any atom is -0.492 e. The molecule has 184 valence electrons. The van der Waals surface area contributed by atoms with Crippen LogP contribution in [0.1, 0.15) is 19.4 Å². The lowest BCUT2D eigenvalue weighted by molar-refractivity contribution is -0.137. The standard InChI is InChI=1S/C24H22F3N3O5/c1-23(2,22(32)28-10-11-33-17-5-3-4-16(13-17)24(25,26)27)30-21(31)9-7-18(29-30)15-6-8-19-20(12-15)35-14-34-19/h3-9,12-13H,10-11,14H2,1-2H3,(H,28,32). The number of nitrogens with zero attached hydrogens (tertiary/aromatic N) is 2. The van der Waals surface area contributed by atoms with Gasteiger partial charge in [-0.1, -0.05) is 6.07 Å². The number of alkyl halides is 3. The number of carbonyl (C=O) groups excluding carboxylic acids is 1. The summed E-state index contributed by atoms with van der Waals surface area (Å²) >= 11 is 0. The van der Waals surface area contributed by atoms with Gasteiger partial charge in [-0.05, 0) is 56.3 Å². The molecule has 1 N–H and O–H groups in total. The van der Waals surface area contributed by atoms with E-state index >= 15 is 0 Å². The number of ether oxygens (including phenoxy) is 3. The lowest BCUT2D eigenvalue weighted by atomic mass is 10.0. The van der Waals surface area contributed by atoms with Crippen molar-refractivity contribution in [1.29, 1.82) is 0 Å². The number of fused-ring (bicyclic) bond motifs is 1. The number of hydrogen-bond donors (Lipinski definition) is 1. The highest BCUT2D eigenvalue weighted by atomic mass is 19.4. The molecule has 0 atom stereocenters. The Morgan fingerprint density at radius 3 is 2.63 bits per heavy atom. The monoisotopic (exact) mass is 489 g/mol. The van der Waals surface area contributed by atoms with Crippen LogP contribution in [0, 0.1) is 0 Å². The summed E-state index contributed by atoms with van der Waals surface area (Å²) in [4.78, 5) is 25.4. The van der Waals surface area contributed by atoms with Crippen LogP contribution in [0.15, 0.2) is 59.4 Å². The van der Waals surface area contributed by atoms with E-state index in [1.54, 1.807) is 24.3 Å². The Labute approximate surface area is 198 Å². The summed E-state index contributed by atoms with van der Waals surface area (Å²) in [6, 6.07) is 12.6. The summed E-state index contributed by atoms with van der Waals surface area (Å²) in [5, 5.41) is 7.01. The molecular weight excluding hydrogens is 467 g/mol. The SMILES string of the molecule is CC(C)(C(=O)NCCOc1cccc(C(F)(F)F)c1)n1nc(-c2ccc3c(c2)OCO3)ccc1=O. The first-order valence-corrected chi connectivity index (χ1v) is 10.6. The van der Waals surface area contributed by atoms with Crippen molar-refractivity contribution in [2.45, 2.75) is 25.6 Å². The Morgan fingerprint density at radius 1 is 1.09 bits per heavy atom. The van der Waals surface area contributed by atoms with Crippen molar-refractivity contribution in [3.63, 3.8) is 0 Å². The molecule has 35 heavy (non-hydrogen) atoms. The third-order valence-corrected chi connectivity index (χ3v) is 5.37. The second kappa shape index (κ2) is 9.32. The molecule has 0 saturated carbocycles. The fraction of sp³-hybridized carbons (Fsp3) is 0.292. The fourth-order valence-corrected chi connectivity index (χ4v) is 3.43. The van der Waals surface area contributed by atoms with Crippen molar-refractivity contribution in [2.24, 2.45) is 0 Å². The van der Waals surface area contributed by atoms with Crippen LogP contribution in [0.5, 0.6) is 17.2 Å². The van der Waals surface area contributed by atoms with E-state index in [4.69, 9.17) is 14.2 Å². The smallest absolute Gasteiger partial charge is 0.416 e. The van der Waals surface area contributed by atoms with Crippen LogP contribution in [-0.2, 0) is 16.5 Å². The molecule has 11 heteroatoms. The van der Waals surface area contributed by atoms with Crippen molar-refractivity contribution in [3.05, 3.63) is 70.5 Å². The zero-order valence-electron chi connectivity index (χ0n) is 18.9. The van der Waals surface area contributed by atoms with E-state index in [0.29, 0.717) is 22.8 Å². The predicted molar refractivity (Wildman–Crippen MR) is 119 cm³/mol. The number of benzene rings is 2. The first kappa shape index (κ1) is 24.1. The molecule has 3 aromatic rings. The average Bonchev–Trinajstić information content (AvgIpc) is 3.29. The molecule has 1 aliphatic rings. The Morgan fingerprint density at radius 2 is 1.86 bits per heavy atom. The van der Waals surface area contributed by atoms with Crippen molar-refractivity contribution in [3.8, 4) is 28.5 Å². The second-order valence-corrected chi connectivity index (χ2v) is 8.23. The number of carbonyl (C=O) groups is 1. The zero-order valence-corrected chi connectivity index (χ0v) is 18.9. The molecule has 1 aliphatic heterocycles. The van der Waals surface area contributed by atoms with Crippen LogP contribution in [0.3, 0.4) is 0 Å². The van der Waals surface area contributed by atoms with Crippen molar-refractivity contribution in [2.75, 3.05) is 19.9 Å². The molecule has 0 aliphatic carbocycles. The highest BCUT2D eigenvalue weighted by Gasteiger charge is 2.32. The largest absolute Gasteiger partial charge is 0.492 e. The van der Waals surface area contributed by atoms with Crippen LogP contribution >= 0.6 is 0 Å². The topological polar surface area (TPSA) is 91.7 Å².